The first-order chi connectivity index (χ1) is 4.73. The minimum atomic E-state index is -0.0816. The zero-order valence-corrected chi connectivity index (χ0v) is 9.20. The van der Waals surface area contributed by atoms with Crippen LogP contribution in [0, 0.1) is 5.41 Å². The molecule has 0 aromatic heterocycles. The summed E-state index contributed by atoms with van der Waals surface area (Å²) in [5.41, 5.74) is 6.12. The number of nitrogens with two attached hydrogens (primary N) is 1. The Morgan fingerprint density at radius 2 is 1.64 bits per heavy atom. The van der Waals surface area contributed by atoms with Gasteiger partial charge in [0.2, 0.25) is 0 Å². The Bertz CT molecular complexity index is 124. The topological polar surface area (TPSA) is 26.0 Å². The van der Waals surface area contributed by atoms with E-state index in [2.05, 4.69) is 47.2 Å². The third-order valence-corrected chi connectivity index (χ3v) is 3.68. The van der Waals surface area contributed by atoms with Gasteiger partial charge < -0.3 is 5.73 Å². The van der Waals surface area contributed by atoms with Gasteiger partial charge in [0.05, 0.1) is 0 Å². The van der Waals surface area contributed by atoms with Crippen LogP contribution in [-0.4, -0.2) is 10.8 Å². The van der Waals surface area contributed by atoms with Crippen LogP contribution in [0.25, 0.3) is 0 Å². The molecule has 0 bridgehead atoms. The fraction of sp³-hybridized carbons (Fsp3) is 1.00. The smallest absolute Gasteiger partial charge is 0.0300 e. The lowest BCUT2D eigenvalue weighted by atomic mass is 9.76. The van der Waals surface area contributed by atoms with Gasteiger partial charge in [-0.3, -0.25) is 0 Å². The van der Waals surface area contributed by atoms with E-state index in [-0.39, 0.29) is 16.2 Å². The molecule has 0 radical (unpaired) electrons. The molecular formula is C9H21NS. The van der Waals surface area contributed by atoms with E-state index in [4.69, 9.17) is 5.73 Å². The molecule has 0 aromatic rings. The lowest BCUT2D eigenvalue weighted by Gasteiger charge is -2.42. The van der Waals surface area contributed by atoms with Crippen LogP contribution in [-0.2, 0) is 0 Å². The maximum Gasteiger partial charge on any atom is 0.0300 e. The summed E-state index contributed by atoms with van der Waals surface area (Å²) in [6.45, 7) is 10.7. The third-order valence-electron chi connectivity index (χ3n) is 2.68. The lowest BCUT2D eigenvalue weighted by Crippen LogP contribution is -2.49. The van der Waals surface area contributed by atoms with E-state index in [1.165, 1.54) is 0 Å². The molecule has 0 rings (SSSR count). The highest BCUT2D eigenvalue weighted by atomic mass is 32.1. The van der Waals surface area contributed by atoms with Crippen LogP contribution >= 0.6 is 12.6 Å². The van der Waals surface area contributed by atoms with E-state index in [0.29, 0.717) is 0 Å². The Morgan fingerprint density at radius 3 is 1.73 bits per heavy atom. The van der Waals surface area contributed by atoms with Crippen molar-refractivity contribution in [3.63, 3.8) is 0 Å². The van der Waals surface area contributed by atoms with Crippen molar-refractivity contribution in [2.45, 2.75) is 51.8 Å². The summed E-state index contributed by atoms with van der Waals surface area (Å²) in [5, 5.41) is 0. The maximum absolute atomic E-state index is 5.96. The maximum atomic E-state index is 5.96. The van der Waals surface area contributed by atoms with Crippen LogP contribution in [0.4, 0.5) is 0 Å². The second kappa shape index (κ2) is 3.36. The second-order valence-corrected chi connectivity index (χ2v) is 5.34. The van der Waals surface area contributed by atoms with Gasteiger partial charge in [0.25, 0.3) is 0 Å². The molecule has 0 saturated heterocycles. The first-order valence-corrected chi connectivity index (χ1v) is 4.66. The molecule has 0 heterocycles. The van der Waals surface area contributed by atoms with Crippen LogP contribution in [0.3, 0.4) is 0 Å². The molecule has 68 valence electrons. The van der Waals surface area contributed by atoms with Gasteiger partial charge in [0.15, 0.2) is 0 Å². The Hall–Kier alpha value is 0.310. The van der Waals surface area contributed by atoms with Gasteiger partial charge in [-0.05, 0) is 18.8 Å². The molecule has 11 heavy (non-hydrogen) atoms. The SMILES string of the molecule is CCC(N)[C@](C)(S)C(C)(C)C. The van der Waals surface area contributed by atoms with Gasteiger partial charge in [-0.2, -0.15) is 12.6 Å². The van der Waals surface area contributed by atoms with Gasteiger partial charge in [-0.1, -0.05) is 27.7 Å². The summed E-state index contributed by atoms with van der Waals surface area (Å²) in [6, 6.07) is 0.172. The average Bonchev–Trinajstić information content (AvgIpc) is 1.83. The molecule has 0 aliphatic heterocycles. The monoisotopic (exact) mass is 175 g/mol. The van der Waals surface area contributed by atoms with Crippen molar-refractivity contribution in [3.8, 4) is 0 Å². The predicted octanol–water partition coefficient (Wildman–Crippen LogP) is 2.46. The largest absolute Gasteiger partial charge is 0.326 e. The van der Waals surface area contributed by atoms with Crippen molar-refractivity contribution in [1.29, 1.82) is 0 Å². The molecule has 0 aliphatic carbocycles. The summed E-state index contributed by atoms with van der Waals surface area (Å²) >= 11 is 4.62. The van der Waals surface area contributed by atoms with Crippen molar-refractivity contribution in [3.05, 3.63) is 0 Å². The predicted molar refractivity (Wildman–Crippen MR) is 55.1 cm³/mol. The summed E-state index contributed by atoms with van der Waals surface area (Å²) in [7, 11) is 0. The highest BCUT2D eigenvalue weighted by Gasteiger charge is 2.38. The van der Waals surface area contributed by atoms with Crippen molar-refractivity contribution < 1.29 is 0 Å². The van der Waals surface area contributed by atoms with Crippen LogP contribution in [0.15, 0.2) is 0 Å². The summed E-state index contributed by atoms with van der Waals surface area (Å²) in [5.74, 6) is 0. The number of hydrogen-bond acceptors (Lipinski definition) is 2. The molecule has 2 heteroatoms. The summed E-state index contributed by atoms with van der Waals surface area (Å²) in [6.07, 6.45) is 0.983. The van der Waals surface area contributed by atoms with Gasteiger partial charge in [-0.15, -0.1) is 0 Å². The van der Waals surface area contributed by atoms with E-state index < -0.39 is 0 Å². The molecule has 2 N–H and O–H groups in total. The van der Waals surface area contributed by atoms with Gasteiger partial charge >= 0.3 is 0 Å². The molecule has 1 nitrogen and oxygen atoms in total. The van der Waals surface area contributed by atoms with Gasteiger partial charge in [0.1, 0.15) is 0 Å². The van der Waals surface area contributed by atoms with Crippen molar-refractivity contribution in [2.24, 2.45) is 11.1 Å². The Morgan fingerprint density at radius 1 is 1.27 bits per heavy atom. The minimum absolute atomic E-state index is 0.0816. The summed E-state index contributed by atoms with van der Waals surface area (Å²) in [4.78, 5) is 0. The van der Waals surface area contributed by atoms with Crippen molar-refractivity contribution >= 4 is 12.6 Å². The molecule has 1 unspecified atom stereocenters. The molecule has 0 fully saturated rings. The zero-order chi connectivity index (χ0) is 9.28. The zero-order valence-electron chi connectivity index (χ0n) is 8.31. The lowest BCUT2D eigenvalue weighted by molar-refractivity contribution is 0.258. The summed E-state index contributed by atoms with van der Waals surface area (Å²) < 4.78 is -0.0816. The van der Waals surface area contributed by atoms with Crippen LogP contribution in [0.5, 0.6) is 0 Å². The van der Waals surface area contributed by atoms with E-state index in [1.807, 2.05) is 0 Å². The Balaban J connectivity index is 4.45. The van der Waals surface area contributed by atoms with Crippen LogP contribution < -0.4 is 5.73 Å². The Labute approximate surface area is 76.2 Å². The highest BCUT2D eigenvalue weighted by Crippen LogP contribution is 2.38. The second-order valence-electron chi connectivity index (χ2n) is 4.41. The molecular weight excluding hydrogens is 154 g/mol. The van der Waals surface area contributed by atoms with Crippen LogP contribution in [0.1, 0.15) is 41.0 Å². The first-order valence-electron chi connectivity index (χ1n) is 4.21. The van der Waals surface area contributed by atoms with Gasteiger partial charge in [0, 0.05) is 10.8 Å². The molecule has 0 aliphatic rings. The molecule has 0 saturated carbocycles. The van der Waals surface area contributed by atoms with E-state index in [1.54, 1.807) is 0 Å². The average molecular weight is 175 g/mol. The fourth-order valence-electron chi connectivity index (χ4n) is 0.954. The van der Waals surface area contributed by atoms with Crippen molar-refractivity contribution in [1.82, 2.24) is 0 Å². The number of rotatable bonds is 2. The van der Waals surface area contributed by atoms with E-state index in [0.717, 1.165) is 6.42 Å². The molecule has 2 atom stereocenters. The number of hydrogen-bond donors (Lipinski definition) is 2. The third kappa shape index (κ3) is 2.38. The number of thiol groups is 1. The van der Waals surface area contributed by atoms with Crippen LogP contribution in [0.2, 0.25) is 0 Å². The normalized spacial score (nSPS) is 21.0. The minimum Gasteiger partial charge on any atom is -0.326 e. The molecule has 0 spiro atoms. The molecule has 0 aromatic carbocycles. The first kappa shape index (κ1) is 11.3. The van der Waals surface area contributed by atoms with E-state index >= 15 is 0 Å². The fourth-order valence-corrected chi connectivity index (χ4v) is 1.14. The Kier molecular flexibility index (Phi) is 3.45. The van der Waals surface area contributed by atoms with Gasteiger partial charge in [-0.25, -0.2) is 0 Å². The quantitative estimate of drug-likeness (QED) is 0.620. The standard InChI is InChI=1S/C9H21NS/c1-6-7(10)9(5,11)8(2,3)4/h7,11H,6,10H2,1-5H3/t7?,9-/m0/s1. The molecule has 0 amide bonds. The van der Waals surface area contributed by atoms with Crippen molar-refractivity contribution in [2.75, 3.05) is 0 Å². The highest BCUT2D eigenvalue weighted by molar-refractivity contribution is 7.81. The van der Waals surface area contributed by atoms with E-state index in [9.17, 15) is 0 Å².